The minimum atomic E-state index is -0.521. The SMILES string of the molecule is Cn1c(=O)c2c(ncn2CC(=O)Nc2nc(-c3ccc(NC(=O)C(C)(C)C)cc3)cs2)n(C)c1=O. The second-order valence-corrected chi connectivity index (χ2v) is 9.98. The first-order chi connectivity index (χ1) is 16.5. The molecule has 0 fully saturated rings. The number of aryl methyl sites for hydroxylation is 1. The van der Waals surface area contributed by atoms with Crippen LogP contribution < -0.4 is 21.9 Å². The Hall–Kier alpha value is -4.06. The van der Waals surface area contributed by atoms with Crippen molar-refractivity contribution in [2.75, 3.05) is 10.6 Å². The van der Waals surface area contributed by atoms with Crippen molar-refractivity contribution in [2.45, 2.75) is 27.3 Å². The maximum Gasteiger partial charge on any atom is 0.332 e. The standard InChI is InChI=1S/C23H25N7O4S/c1-23(2,3)20(33)25-14-8-6-13(7-9-14)15-11-35-21(26-15)27-16(31)10-30-12-24-18-17(30)19(32)29(5)22(34)28(18)4/h6-9,11-12H,10H2,1-5H3,(H,25,33)(H,26,27,31). The molecule has 2 N–H and O–H groups in total. The van der Waals surface area contributed by atoms with Gasteiger partial charge in [-0.2, -0.15) is 0 Å². The Morgan fingerprint density at radius 3 is 2.37 bits per heavy atom. The lowest BCUT2D eigenvalue weighted by molar-refractivity contribution is -0.123. The van der Waals surface area contributed by atoms with Crippen LogP contribution in [0.4, 0.5) is 10.8 Å². The number of amides is 2. The molecule has 0 aliphatic rings. The van der Waals surface area contributed by atoms with E-state index < -0.39 is 16.7 Å². The van der Waals surface area contributed by atoms with Crippen molar-refractivity contribution in [1.29, 1.82) is 0 Å². The van der Waals surface area contributed by atoms with Crippen LogP contribution in [0.1, 0.15) is 20.8 Å². The van der Waals surface area contributed by atoms with Crippen LogP contribution in [0.2, 0.25) is 0 Å². The van der Waals surface area contributed by atoms with Crippen molar-refractivity contribution in [3.8, 4) is 11.3 Å². The Balaban J connectivity index is 1.46. The number of carbonyl (C=O) groups excluding carboxylic acids is 2. The van der Waals surface area contributed by atoms with Gasteiger partial charge in [0.15, 0.2) is 16.3 Å². The molecule has 0 saturated heterocycles. The third-order valence-electron chi connectivity index (χ3n) is 5.40. The Bertz CT molecular complexity index is 1550. The van der Waals surface area contributed by atoms with Crippen molar-refractivity contribution >= 4 is 45.1 Å². The molecule has 0 atom stereocenters. The van der Waals surface area contributed by atoms with Gasteiger partial charge < -0.3 is 15.2 Å². The van der Waals surface area contributed by atoms with Crippen molar-refractivity contribution < 1.29 is 9.59 Å². The van der Waals surface area contributed by atoms with Crippen LogP contribution in [0.5, 0.6) is 0 Å². The second-order valence-electron chi connectivity index (χ2n) is 9.12. The fraction of sp³-hybridized carbons (Fsp3) is 0.304. The zero-order valence-corrected chi connectivity index (χ0v) is 20.8. The van der Waals surface area contributed by atoms with E-state index >= 15 is 0 Å². The number of rotatable bonds is 5. The highest BCUT2D eigenvalue weighted by Crippen LogP contribution is 2.26. The van der Waals surface area contributed by atoms with E-state index in [2.05, 4.69) is 20.6 Å². The molecule has 0 bridgehead atoms. The van der Waals surface area contributed by atoms with E-state index in [4.69, 9.17) is 0 Å². The topological polar surface area (TPSA) is 133 Å². The average molecular weight is 496 g/mol. The van der Waals surface area contributed by atoms with E-state index in [1.165, 1.54) is 40.9 Å². The molecular weight excluding hydrogens is 470 g/mol. The summed E-state index contributed by atoms with van der Waals surface area (Å²) in [4.78, 5) is 58.0. The predicted molar refractivity (Wildman–Crippen MR) is 134 cm³/mol. The van der Waals surface area contributed by atoms with Gasteiger partial charge in [0.25, 0.3) is 5.56 Å². The molecule has 4 rings (SSSR count). The van der Waals surface area contributed by atoms with Gasteiger partial charge in [-0.3, -0.25) is 23.5 Å². The molecule has 35 heavy (non-hydrogen) atoms. The molecule has 1 aromatic carbocycles. The molecule has 0 radical (unpaired) electrons. The fourth-order valence-corrected chi connectivity index (χ4v) is 4.07. The Morgan fingerprint density at radius 2 is 1.71 bits per heavy atom. The van der Waals surface area contributed by atoms with Crippen LogP contribution in [0.15, 0.2) is 45.6 Å². The summed E-state index contributed by atoms with van der Waals surface area (Å²) >= 11 is 1.27. The Kier molecular flexibility index (Phi) is 6.15. The summed E-state index contributed by atoms with van der Waals surface area (Å²) in [6, 6.07) is 7.29. The highest BCUT2D eigenvalue weighted by Gasteiger charge is 2.21. The number of hydrogen-bond acceptors (Lipinski definition) is 7. The van der Waals surface area contributed by atoms with E-state index in [-0.39, 0.29) is 29.5 Å². The van der Waals surface area contributed by atoms with E-state index in [0.717, 1.165) is 10.1 Å². The molecule has 0 saturated carbocycles. The van der Waals surface area contributed by atoms with Crippen molar-refractivity contribution in [2.24, 2.45) is 19.5 Å². The van der Waals surface area contributed by atoms with E-state index in [1.807, 2.05) is 38.3 Å². The monoisotopic (exact) mass is 495 g/mol. The van der Waals surface area contributed by atoms with Gasteiger partial charge in [-0.05, 0) is 12.1 Å². The number of carbonyl (C=O) groups is 2. The van der Waals surface area contributed by atoms with Gasteiger partial charge >= 0.3 is 5.69 Å². The molecule has 12 heteroatoms. The number of anilines is 2. The number of fused-ring (bicyclic) bond motifs is 1. The highest BCUT2D eigenvalue weighted by molar-refractivity contribution is 7.14. The van der Waals surface area contributed by atoms with Crippen LogP contribution in [-0.2, 0) is 30.2 Å². The van der Waals surface area contributed by atoms with Gasteiger partial charge in [-0.15, -0.1) is 11.3 Å². The van der Waals surface area contributed by atoms with Crippen LogP contribution in [0, 0.1) is 5.41 Å². The van der Waals surface area contributed by atoms with Gasteiger partial charge in [-0.25, -0.2) is 14.8 Å². The van der Waals surface area contributed by atoms with Crippen molar-refractivity contribution in [1.82, 2.24) is 23.7 Å². The van der Waals surface area contributed by atoms with Crippen LogP contribution in [0.3, 0.4) is 0 Å². The largest absolute Gasteiger partial charge is 0.332 e. The van der Waals surface area contributed by atoms with Crippen LogP contribution >= 0.6 is 11.3 Å². The zero-order valence-electron chi connectivity index (χ0n) is 19.9. The second kappa shape index (κ2) is 8.95. The molecule has 182 valence electrons. The van der Waals surface area contributed by atoms with Gasteiger partial charge in [0.1, 0.15) is 6.54 Å². The molecule has 2 amide bonds. The first-order valence-corrected chi connectivity index (χ1v) is 11.6. The molecule has 0 spiro atoms. The molecular formula is C23H25N7O4S. The number of nitrogens with zero attached hydrogens (tertiary/aromatic N) is 5. The molecule has 0 aliphatic heterocycles. The summed E-state index contributed by atoms with van der Waals surface area (Å²) in [7, 11) is 2.90. The molecule has 11 nitrogen and oxygen atoms in total. The van der Waals surface area contributed by atoms with E-state index in [0.29, 0.717) is 16.5 Å². The normalized spacial score (nSPS) is 11.6. The number of thiazole rings is 1. The van der Waals surface area contributed by atoms with Crippen LogP contribution in [0.25, 0.3) is 22.4 Å². The van der Waals surface area contributed by atoms with E-state index in [1.54, 1.807) is 12.1 Å². The van der Waals surface area contributed by atoms with Gasteiger partial charge in [0.2, 0.25) is 11.8 Å². The zero-order chi connectivity index (χ0) is 25.5. The molecule has 3 aromatic heterocycles. The van der Waals surface area contributed by atoms with Gasteiger partial charge in [0, 0.05) is 36.1 Å². The summed E-state index contributed by atoms with van der Waals surface area (Å²) in [5.74, 6) is -0.462. The van der Waals surface area contributed by atoms with Gasteiger partial charge in [0.05, 0.1) is 12.0 Å². The summed E-state index contributed by atoms with van der Waals surface area (Å²) in [5, 5.41) is 7.83. The molecule has 3 heterocycles. The summed E-state index contributed by atoms with van der Waals surface area (Å²) in [6.45, 7) is 5.37. The lowest BCUT2D eigenvalue weighted by Gasteiger charge is -2.17. The predicted octanol–water partition coefficient (Wildman–Crippen LogP) is 2.18. The van der Waals surface area contributed by atoms with Gasteiger partial charge in [-0.1, -0.05) is 32.9 Å². The third kappa shape index (κ3) is 4.78. The van der Waals surface area contributed by atoms with E-state index in [9.17, 15) is 19.2 Å². The summed E-state index contributed by atoms with van der Waals surface area (Å²) < 4.78 is 3.65. The quantitative estimate of drug-likeness (QED) is 0.436. The summed E-state index contributed by atoms with van der Waals surface area (Å²) in [5.41, 5.74) is 1.08. The number of nitrogens with one attached hydrogen (secondary N) is 2. The fourth-order valence-electron chi connectivity index (χ4n) is 3.34. The van der Waals surface area contributed by atoms with Crippen molar-refractivity contribution in [3.05, 3.63) is 56.8 Å². The van der Waals surface area contributed by atoms with Crippen LogP contribution in [-0.4, -0.2) is 35.5 Å². The number of benzene rings is 1. The molecule has 4 aromatic rings. The lowest BCUT2D eigenvalue weighted by Crippen LogP contribution is -2.37. The minimum Gasteiger partial charge on any atom is -0.326 e. The maximum atomic E-state index is 12.6. The Labute approximate surface area is 204 Å². The number of hydrogen-bond donors (Lipinski definition) is 2. The minimum absolute atomic E-state index is 0.0744. The maximum absolute atomic E-state index is 12.6. The lowest BCUT2D eigenvalue weighted by atomic mass is 9.95. The van der Waals surface area contributed by atoms with Crippen molar-refractivity contribution in [3.63, 3.8) is 0 Å². The highest BCUT2D eigenvalue weighted by atomic mass is 32.1. The molecule has 0 aliphatic carbocycles. The first kappa shape index (κ1) is 24.1. The Morgan fingerprint density at radius 1 is 1.03 bits per heavy atom. The smallest absolute Gasteiger partial charge is 0.326 e. The number of aromatic nitrogens is 5. The third-order valence-corrected chi connectivity index (χ3v) is 6.16. The molecule has 0 unspecified atom stereocenters. The summed E-state index contributed by atoms with van der Waals surface area (Å²) in [6.07, 6.45) is 1.36. The number of imidazole rings is 1. The first-order valence-electron chi connectivity index (χ1n) is 10.7. The average Bonchev–Trinajstić information content (AvgIpc) is 3.43.